The predicted octanol–water partition coefficient (Wildman–Crippen LogP) is 3.22. The van der Waals surface area contributed by atoms with Crippen molar-refractivity contribution in [2.75, 3.05) is 13.2 Å². The molecule has 4 rings (SSSR count). The third-order valence-corrected chi connectivity index (χ3v) is 4.70. The van der Waals surface area contributed by atoms with Crippen LogP contribution in [0.15, 0.2) is 66.7 Å². The van der Waals surface area contributed by atoms with Gasteiger partial charge in [-0.1, -0.05) is 54.6 Å². The van der Waals surface area contributed by atoms with Crippen LogP contribution in [-0.4, -0.2) is 30.3 Å². The summed E-state index contributed by atoms with van der Waals surface area (Å²) in [6.45, 7) is 0.527. The maximum Gasteiger partial charge on any atom is 0.264 e. The minimum atomic E-state index is -0.686. The van der Waals surface area contributed by atoms with Gasteiger partial charge < -0.3 is 19.9 Å². The highest BCUT2D eigenvalue weighted by Gasteiger charge is 2.27. The van der Waals surface area contributed by atoms with E-state index in [1.165, 1.54) is 0 Å². The molecule has 1 aliphatic rings. The maximum atomic E-state index is 12.3. The Morgan fingerprint density at radius 2 is 1.78 bits per heavy atom. The minimum Gasteiger partial charge on any atom is -0.485 e. The third-order valence-electron chi connectivity index (χ3n) is 4.70. The first-order valence-corrected chi connectivity index (χ1v) is 9.04. The molecule has 3 aromatic carbocycles. The van der Waals surface area contributed by atoms with Gasteiger partial charge in [0.1, 0.15) is 6.61 Å². The number of aliphatic hydroxyl groups is 1. The number of aliphatic hydroxyl groups excluding tert-OH is 1. The van der Waals surface area contributed by atoms with Gasteiger partial charge in [0, 0.05) is 6.54 Å². The molecule has 27 heavy (non-hydrogen) atoms. The first-order chi connectivity index (χ1) is 13.2. The van der Waals surface area contributed by atoms with Gasteiger partial charge in [0.25, 0.3) is 5.91 Å². The summed E-state index contributed by atoms with van der Waals surface area (Å²) in [7, 11) is 0. The summed E-state index contributed by atoms with van der Waals surface area (Å²) < 4.78 is 11.3. The standard InChI is InChI=1S/C22H21NO4/c24-18(17-9-5-7-15-6-1-2-8-16(15)17)12-13-23-22(25)21-14-26-19-10-3-4-11-20(19)27-21/h1-11,18,21,24H,12-14H2,(H,23,25). The molecule has 0 saturated carbocycles. The molecule has 0 aromatic heterocycles. The Balaban J connectivity index is 1.34. The Morgan fingerprint density at radius 3 is 2.67 bits per heavy atom. The molecule has 0 fully saturated rings. The molecular weight excluding hydrogens is 342 g/mol. The fourth-order valence-corrected chi connectivity index (χ4v) is 3.29. The van der Waals surface area contributed by atoms with Crippen molar-refractivity contribution in [1.82, 2.24) is 5.32 Å². The molecule has 0 spiro atoms. The summed E-state index contributed by atoms with van der Waals surface area (Å²) in [5.41, 5.74) is 0.869. The second-order valence-corrected chi connectivity index (χ2v) is 6.53. The Labute approximate surface area is 157 Å². The predicted molar refractivity (Wildman–Crippen MR) is 103 cm³/mol. The molecule has 1 amide bonds. The maximum absolute atomic E-state index is 12.3. The average molecular weight is 363 g/mol. The number of ether oxygens (including phenoxy) is 2. The summed E-state index contributed by atoms with van der Waals surface area (Å²) in [5.74, 6) is 0.974. The number of hydrogen-bond donors (Lipinski definition) is 2. The van der Waals surface area contributed by atoms with Crippen molar-refractivity contribution in [2.24, 2.45) is 0 Å². The number of carbonyl (C=O) groups is 1. The molecule has 2 N–H and O–H groups in total. The van der Waals surface area contributed by atoms with E-state index in [1.54, 1.807) is 6.07 Å². The van der Waals surface area contributed by atoms with Gasteiger partial charge >= 0.3 is 0 Å². The highest BCUT2D eigenvalue weighted by atomic mass is 16.6. The van der Waals surface area contributed by atoms with E-state index in [9.17, 15) is 9.90 Å². The highest BCUT2D eigenvalue weighted by Crippen LogP contribution is 2.31. The molecule has 5 nitrogen and oxygen atoms in total. The number of rotatable bonds is 5. The van der Waals surface area contributed by atoms with E-state index < -0.39 is 12.2 Å². The van der Waals surface area contributed by atoms with E-state index in [-0.39, 0.29) is 12.5 Å². The largest absolute Gasteiger partial charge is 0.485 e. The molecule has 138 valence electrons. The number of benzene rings is 3. The number of amides is 1. The van der Waals surface area contributed by atoms with Crippen molar-refractivity contribution in [1.29, 1.82) is 0 Å². The lowest BCUT2D eigenvalue weighted by Gasteiger charge is -2.25. The molecule has 0 radical (unpaired) electrons. The quantitative estimate of drug-likeness (QED) is 0.730. The molecule has 2 atom stereocenters. The van der Waals surface area contributed by atoms with Crippen LogP contribution in [0.2, 0.25) is 0 Å². The molecule has 2 unspecified atom stereocenters. The van der Waals surface area contributed by atoms with Crippen molar-refractivity contribution in [3.63, 3.8) is 0 Å². The first kappa shape index (κ1) is 17.4. The third kappa shape index (κ3) is 3.73. The summed E-state index contributed by atoms with van der Waals surface area (Å²) in [6, 6.07) is 21.1. The number of para-hydroxylation sites is 2. The SMILES string of the molecule is O=C(NCCC(O)c1cccc2ccccc12)C1COc2ccccc2O1. The normalized spacial score (nSPS) is 16.7. The minimum absolute atomic E-state index is 0.175. The number of fused-ring (bicyclic) bond motifs is 2. The second-order valence-electron chi connectivity index (χ2n) is 6.53. The fraction of sp³-hybridized carbons (Fsp3) is 0.227. The van der Waals surface area contributed by atoms with E-state index in [0.717, 1.165) is 16.3 Å². The van der Waals surface area contributed by atoms with Crippen LogP contribution >= 0.6 is 0 Å². The van der Waals surface area contributed by atoms with Gasteiger partial charge in [-0.15, -0.1) is 0 Å². The summed E-state index contributed by atoms with van der Waals surface area (Å²) in [4.78, 5) is 12.3. The zero-order valence-corrected chi connectivity index (χ0v) is 14.8. The topological polar surface area (TPSA) is 67.8 Å². The van der Waals surface area contributed by atoms with E-state index in [2.05, 4.69) is 5.32 Å². The lowest BCUT2D eigenvalue weighted by molar-refractivity contribution is -0.130. The highest BCUT2D eigenvalue weighted by molar-refractivity contribution is 5.86. The monoisotopic (exact) mass is 363 g/mol. The fourth-order valence-electron chi connectivity index (χ4n) is 3.29. The van der Waals surface area contributed by atoms with Gasteiger partial charge in [0.2, 0.25) is 6.10 Å². The van der Waals surface area contributed by atoms with Crippen LogP contribution < -0.4 is 14.8 Å². The van der Waals surface area contributed by atoms with Crippen molar-refractivity contribution >= 4 is 16.7 Å². The van der Waals surface area contributed by atoms with Crippen molar-refractivity contribution in [3.05, 3.63) is 72.3 Å². The molecular formula is C22H21NO4. The summed E-state index contributed by atoms with van der Waals surface area (Å²) in [6.07, 6.45) is -0.917. The Bertz CT molecular complexity index is 950. The molecule has 0 saturated heterocycles. The van der Waals surface area contributed by atoms with E-state index >= 15 is 0 Å². The lowest BCUT2D eigenvalue weighted by Crippen LogP contribution is -2.44. The van der Waals surface area contributed by atoms with E-state index in [4.69, 9.17) is 9.47 Å². The molecule has 0 aliphatic carbocycles. The number of hydrogen-bond acceptors (Lipinski definition) is 4. The summed E-state index contributed by atoms with van der Waals surface area (Å²) >= 11 is 0. The van der Waals surface area contributed by atoms with Gasteiger partial charge in [-0.2, -0.15) is 0 Å². The first-order valence-electron chi connectivity index (χ1n) is 9.04. The Kier molecular flexibility index (Phi) is 4.94. The lowest BCUT2D eigenvalue weighted by atomic mass is 9.99. The zero-order chi connectivity index (χ0) is 18.6. The van der Waals surface area contributed by atoms with Gasteiger partial charge in [-0.25, -0.2) is 0 Å². The van der Waals surface area contributed by atoms with Crippen LogP contribution in [-0.2, 0) is 4.79 Å². The molecule has 1 aliphatic heterocycles. The number of carbonyl (C=O) groups excluding carboxylic acids is 1. The second kappa shape index (κ2) is 7.68. The van der Waals surface area contributed by atoms with E-state index in [1.807, 2.05) is 60.7 Å². The molecule has 1 heterocycles. The van der Waals surface area contributed by atoms with Crippen molar-refractivity contribution < 1.29 is 19.4 Å². The van der Waals surface area contributed by atoms with Crippen LogP contribution in [0, 0.1) is 0 Å². The summed E-state index contributed by atoms with van der Waals surface area (Å²) in [5, 5.41) is 15.5. The Morgan fingerprint density at radius 1 is 1.04 bits per heavy atom. The van der Waals surface area contributed by atoms with Crippen molar-refractivity contribution in [2.45, 2.75) is 18.6 Å². The van der Waals surface area contributed by atoms with Crippen LogP contribution in [0.25, 0.3) is 10.8 Å². The Hall–Kier alpha value is -3.05. The average Bonchev–Trinajstić information content (AvgIpc) is 2.72. The van der Waals surface area contributed by atoms with Crippen LogP contribution in [0.1, 0.15) is 18.1 Å². The molecule has 5 heteroatoms. The molecule has 0 bridgehead atoms. The van der Waals surface area contributed by atoms with Gasteiger partial charge in [-0.05, 0) is 34.9 Å². The van der Waals surface area contributed by atoms with E-state index in [0.29, 0.717) is 24.5 Å². The van der Waals surface area contributed by atoms with Gasteiger partial charge in [0.15, 0.2) is 11.5 Å². The van der Waals surface area contributed by atoms with Gasteiger partial charge in [0.05, 0.1) is 6.10 Å². The van der Waals surface area contributed by atoms with Crippen LogP contribution in [0.3, 0.4) is 0 Å². The number of nitrogens with one attached hydrogen (secondary N) is 1. The van der Waals surface area contributed by atoms with Gasteiger partial charge in [-0.3, -0.25) is 4.79 Å². The van der Waals surface area contributed by atoms with Crippen LogP contribution in [0.4, 0.5) is 0 Å². The van der Waals surface area contributed by atoms with Crippen LogP contribution in [0.5, 0.6) is 11.5 Å². The molecule has 3 aromatic rings. The van der Waals surface area contributed by atoms with Crippen molar-refractivity contribution in [3.8, 4) is 11.5 Å². The zero-order valence-electron chi connectivity index (χ0n) is 14.8. The smallest absolute Gasteiger partial charge is 0.264 e.